The van der Waals surface area contributed by atoms with E-state index in [1.165, 1.54) is 12.1 Å². The summed E-state index contributed by atoms with van der Waals surface area (Å²) in [5, 5.41) is 2.86. The molecule has 1 atom stereocenters. The summed E-state index contributed by atoms with van der Waals surface area (Å²) in [4.78, 5) is 31.0. The van der Waals surface area contributed by atoms with Gasteiger partial charge in [-0.15, -0.1) is 0 Å². The monoisotopic (exact) mass is 392 g/mol. The van der Waals surface area contributed by atoms with Gasteiger partial charge in [0.15, 0.2) is 0 Å². The lowest BCUT2D eigenvalue weighted by molar-refractivity contribution is -0.132. The van der Waals surface area contributed by atoms with Gasteiger partial charge in [0.25, 0.3) is 0 Å². The highest BCUT2D eigenvalue weighted by Gasteiger charge is 2.36. The van der Waals surface area contributed by atoms with Gasteiger partial charge in [-0.1, -0.05) is 12.1 Å². The summed E-state index contributed by atoms with van der Waals surface area (Å²) < 4.78 is 18.3. The molecule has 2 aliphatic heterocycles. The first-order valence-corrected chi connectivity index (χ1v) is 9.87. The lowest BCUT2D eigenvalue weighted by Crippen LogP contribution is -2.45. The van der Waals surface area contributed by atoms with Crippen LogP contribution < -0.4 is 5.32 Å². The standard InChI is InChI=1S/C20H29FN4O3/c1-28-13-12-24-9-6-18(19(24)26)23-7-3-8-25(11-10-23)20(27)22-15-16-4-2-5-17(21)14-16/h2,4-5,14,18H,3,6-13,15H2,1H3,(H,22,27)/t18-/m0/s1. The van der Waals surface area contributed by atoms with E-state index in [0.717, 1.165) is 31.5 Å². The summed E-state index contributed by atoms with van der Waals surface area (Å²) in [6, 6.07) is 5.99. The molecule has 3 rings (SSSR count). The zero-order valence-corrected chi connectivity index (χ0v) is 16.4. The third-order valence-electron chi connectivity index (χ3n) is 5.43. The van der Waals surface area contributed by atoms with Crippen LogP contribution in [-0.4, -0.2) is 85.7 Å². The van der Waals surface area contributed by atoms with Gasteiger partial charge in [0, 0.05) is 52.9 Å². The maximum Gasteiger partial charge on any atom is 0.317 e. The Morgan fingerprint density at radius 3 is 2.89 bits per heavy atom. The van der Waals surface area contributed by atoms with E-state index in [1.54, 1.807) is 24.1 Å². The van der Waals surface area contributed by atoms with Crippen molar-refractivity contribution in [2.45, 2.75) is 25.4 Å². The molecule has 2 heterocycles. The first-order valence-electron chi connectivity index (χ1n) is 9.87. The van der Waals surface area contributed by atoms with Crippen molar-refractivity contribution >= 4 is 11.9 Å². The molecular weight excluding hydrogens is 363 g/mol. The number of methoxy groups -OCH3 is 1. The molecule has 28 heavy (non-hydrogen) atoms. The van der Waals surface area contributed by atoms with Crippen LogP contribution >= 0.6 is 0 Å². The molecule has 1 aromatic carbocycles. The van der Waals surface area contributed by atoms with Crippen LogP contribution in [0.2, 0.25) is 0 Å². The van der Waals surface area contributed by atoms with Crippen molar-refractivity contribution in [1.29, 1.82) is 0 Å². The van der Waals surface area contributed by atoms with Gasteiger partial charge in [0.1, 0.15) is 5.82 Å². The second-order valence-electron chi connectivity index (χ2n) is 7.29. The quantitative estimate of drug-likeness (QED) is 0.792. The Bertz CT molecular complexity index is 687. The van der Waals surface area contributed by atoms with E-state index in [9.17, 15) is 14.0 Å². The topological polar surface area (TPSA) is 65.1 Å². The number of nitrogens with one attached hydrogen (secondary N) is 1. The van der Waals surface area contributed by atoms with Gasteiger partial charge in [-0.25, -0.2) is 9.18 Å². The van der Waals surface area contributed by atoms with Crippen LogP contribution in [-0.2, 0) is 16.1 Å². The number of carbonyl (C=O) groups is 2. The molecule has 0 bridgehead atoms. The largest absolute Gasteiger partial charge is 0.383 e. The Hall–Kier alpha value is -2.19. The van der Waals surface area contributed by atoms with Crippen molar-refractivity contribution in [2.75, 3.05) is 53.0 Å². The van der Waals surface area contributed by atoms with Crippen molar-refractivity contribution in [3.8, 4) is 0 Å². The molecule has 3 amide bonds. The Labute approximate surface area is 165 Å². The van der Waals surface area contributed by atoms with E-state index in [4.69, 9.17) is 4.74 Å². The molecular formula is C20H29FN4O3. The number of nitrogens with zero attached hydrogens (tertiary/aromatic N) is 3. The number of hydrogen-bond donors (Lipinski definition) is 1. The Morgan fingerprint density at radius 1 is 1.25 bits per heavy atom. The summed E-state index contributed by atoms with van der Waals surface area (Å²) >= 11 is 0. The van der Waals surface area contributed by atoms with Crippen LogP contribution in [0.4, 0.5) is 9.18 Å². The second-order valence-corrected chi connectivity index (χ2v) is 7.29. The predicted molar refractivity (Wildman–Crippen MR) is 103 cm³/mol. The van der Waals surface area contributed by atoms with Gasteiger partial charge >= 0.3 is 6.03 Å². The maximum absolute atomic E-state index is 13.3. The van der Waals surface area contributed by atoms with E-state index >= 15 is 0 Å². The molecule has 2 aliphatic rings. The van der Waals surface area contributed by atoms with E-state index < -0.39 is 0 Å². The van der Waals surface area contributed by atoms with Crippen LogP contribution in [0.25, 0.3) is 0 Å². The number of benzene rings is 1. The summed E-state index contributed by atoms with van der Waals surface area (Å²) in [6.45, 7) is 4.97. The molecule has 8 heteroatoms. The maximum atomic E-state index is 13.3. The van der Waals surface area contributed by atoms with Crippen molar-refractivity contribution in [3.63, 3.8) is 0 Å². The fourth-order valence-electron chi connectivity index (χ4n) is 3.87. The Balaban J connectivity index is 1.48. The molecule has 2 saturated heterocycles. The molecule has 0 aromatic heterocycles. The number of halogens is 1. The molecule has 0 aliphatic carbocycles. The average molecular weight is 392 g/mol. The van der Waals surface area contributed by atoms with Crippen LogP contribution in [0, 0.1) is 5.82 Å². The highest BCUT2D eigenvalue weighted by Crippen LogP contribution is 2.19. The number of hydrogen-bond acceptors (Lipinski definition) is 4. The number of urea groups is 1. The first kappa shape index (κ1) is 20.5. The van der Waals surface area contributed by atoms with Crippen LogP contribution in [0.15, 0.2) is 24.3 Å². The number of amides is 3. The van der Waals surface area contributed by atoms with E-state index in [0.29, 0.717) is 39.3 Å². The molecule has 0 radical (unpaired) electrons. The summed E-state index contributed by atoms with van der Waals surface area (Å²) in [5.41, 5.74) is 0.734. The van der Waals surface area contributed by atoms with Crippen LogP contribution in [0.3, 0.4) is 0 Å². The van der Waals surface area contributed by atoms with Crippen molar-refractivity contribution < 1.29 is 18.7 Å². The van der Waals surface area contributed by atoms with Gasteiger partial charge < -0.3 is 19.9 Å². The van der Waals surface area contributed by atoms with Gasteiger partial charge in [0.05, 0.1) is 12.6 Å². The number of carbonyl (C=O) groups excluding carboxylic acids is 2. The van der Waals surface area contributed by atoms with Crippen LogP contribution in [0.5, 0.6) is 0 Å². The number of ether oxygens (including phenoxy) is 1. The Kier molecular flexibility index (Phi) is 7.22. The third-order valence-corrected chi connectivity index (χ3v) is 5.43. The van der Waals surface area contributed by atoms with E-state index in [-0.39, 0.29) is 23.8 Å². The van der Waals surface area contributed by atoms with Gasteiger partial charge in [-0.05, 0) is 30.5 Å². The highest BCUT2D eigenvalue weighted by atomic mass is 19.1. The molecule has 1 N–H and O–H groups in total. The smallest absolute Gasteiger partial charge is 0.317 e. The molecule has 154 valence electrons. The zero-order chi connectivity index (χ0) is 19.9. The SMILES string of the molecule is COCCN1CC[C@H](N2CCCN(C(=O)NCc3cccc(F)c3)CC2)C1=O. The predicted octanol–water partition coefficient (Wildman–Crippen LogP) is 1.29. The minimum Gasteiger partial charge on any atom is -0.383 e. The van der Waals surface area contributed by atoms with Gasteiger partial charge in [0.2, 0.25) is 5.91 Å². The lowest BCUT2D eigenvalue weighted by atomic mass is 10.2. The van der Waals surface area contributed by atoms with Crippen LogP contribution in [0.1, 0.15) is 18.4 Å². The number of rotatable bonds is 6. The second kappa shape index (κ2) is 9.84. The molecule has 7 nitrogen and oxygen atoms in total. The minimum absolute atomic E-state index is 0.0906. The zero-order valence-electron chi connectivity index (χ0n) is 16.4. The molecule has 0 saturated carbocycles. The summed E-state index contributed by atoms with van der Waals surface area (Å²) in [5.74, 6) is -0.140. The first-order chi connectivity index (χ1) is 13.6. The summed E-state index contributed by atoms with van der Waals surface area (Å²) in [6.07, 6.45) is 1.66. The van der Waals surface area contributed by atoms with Crippen molar-refractivity contribution in [1.82, 2.24) is 20.0 Å². The van der Waals surface area contributed by atoms with E-state index in [2.05, 4.69) is 10.2 Å². The highest BCUT2D eigenvalue weighted by molar-refractivity contribution is 5.84. The van der Waals surface area contributed by atoms with Gasteiger partial charge in [-0.3, -0.25) is 9.69 Å². The molecule has 1 aromatic rings. The van der Waals surface area contributed by atoms with E-state index in [1.807, 2.05) is 4.90 Å². The normalized spacial score (nSPS) is 21.1. The van der Waals surface area contributed by atoms with Crippen molar-refractivity contribution in [3.05, 3.63) is 35.6 Å². The lowest BCUT2D eigenvalue weighted by Gasteiger charge is -2.26. The molecule has 0 spiro atoms. The third kappa shape index (κ3) is 5.20. The Morgan fingerprint density at radius 2 is 2.11 bits per heavy atom. The minimum atomic E-state index is -0.307. The average Bonchev–Trinajstić information content (AvgIpc) is 2.90. The van der Waals surface area contributed by atoms with Crippen molar-refractivity contribution in [2.24, 2.45) is 0 Å². The number of likely N-dealkylation sites (tertiary alicyclic amines) is 1. The fraction of sp³-hybridized carbons (Fsp3) is 0.600. The fourth-order valence-corrected chi connectivity index (χ4v) is 3.87. The summed E-state index contributed by atoms with van der Waals surface area (Å²) in [7, 11) is 1.64. The molecule has 0 unspecified atom stereocenters. The molecule has 2 fully saturated rings. The van der Waals surface area contributed by atoms with Gasteiger partial charge in [-0.2, -0.15) is 0 Å².